The van der Waals surface area contributed by atoms with Gasteiger partial charge in [-0.3, -0.25) is 0 Å². The molecule has 0 fully saturated rings. The quantitative estimate of drug-likeness (QED) is 0.657. The van der Waals surface area contributed by atoms with Gasteiger partial charge in [0.15, 0.2) is 5.58 Å². The number of hydrogen-bond acceptors (Lipinski definition) is 2. The van der Waals surface area contributed by atoms with Crippen LogP contribution in [0.1, 0.15) is 11.5 Å². The number of fused-ring (bicyclic) bond motifs is 1. The number of rotatable bonds is 3. The van der Waals surface area contributed by atoms with Crippen molar-refractivity contribution in [1.82, 2.24) is 4.98 Å². The van der Waals surface area contributed by atoms with Crippen molar-refractivity contribution < 1.29 is 13.2 Å². The summed E-state index contributed by atoms with van der Waals surface area (Å²) in [5.74, 6) is -3.94. The summed E-state index contributed by atoms with van der Waals surface area (Å²) in [7, 11) is 0. The Balaban J connectivity index is 1.94. The van der Waals surface area contributed by atoms with Gasteiger partial charge in [0, 0.05) is 5.02 Å². The normalized spacial score (nSPS) is 12.3. The van der Waals surface area contributed by atoms with Crippen LogP contribution in [0.3, 0.4) is 0 Å². The Morgan fingerprint density at radius 3 is 2.62 bits per heavy atom. The maximum absolute atomic E-state index is 14.1. The topological polar surface area (TPSA) is 26.0 Å². The van der Waals surface area contributed by atoms with Crippen LogP contribution in [0.25, 0.3) is 17.2 Å². The van der Waals surface area contributed by atoms with Crippen molar-refractivity contribution in [2.75, 3.05) is 0 Å². The molecule has 0 N–H and O–H groups in total. The molecule has 21 heavy (non-hydrogen) atoms. The second kappa shape index (κ2) is 5.30. The molecule has 0 saturated heterocycles. The Morgan fingerprint density at radius 1 is 1.10 bits per heavy atom. The molecule has 0 spiro atoms. The first-order valence-corrected chi connectivity index (χ1v) is 6.61. The Morgan fingerprint density at radius 2 is 1.86 bits per heavy atom. The van der Waals surface area contributed by atoms with Crippen LogP contribution >= 0.6 is 11.6 Å². The first-order valence-electron chi connectivity index (χ1n) is 6.23. The molecule has 0 amide bonds. The third-order valence-corrected chi connectivity index (χ3v) is 3.15. The van der Waals surface area contributed by atoms with Crippen molar-refractivity contribution in [3.05, 3.63) is 71.1 Å². The summed E-state index contributed by atoms with van der Waals surface area (Å²) >= 11 is 5.80. The fraction of sp³-hybridized carbons (Fsp3) is 0.0625. The summed E-state index contributed by atoms with van der Waals surface area (Å²) < 4.78 is 33.3. The Kier molecular flexibility index (Phi) is 3.47. The molecular formula is C16H10ClF2NO. The standard InChI is InChI=1S/C16H10ClF2NO/c17-12-6-7-14-13(10-12)20-15(21-14)16(18,19)9-8-11-4-2-1-3-5-11/h1-10H/b9-8+. The molecule has 5 heteroatoms. The van der Waals surface area contributed by atoms with Crippen LogP contribution in [0.2, 0.25) is 5.02 Å². The summed E-state index contributed by atoms with van der Waals surface area (Å²) in [6.07, 6.45) is 2.11. The van der Waals surface area contributed by atoms with Crippen LogP contribution in [0.5, 0.6) is 0 Å². The number of allylic oxidation sites excluding steroid dienone is 1. The van der Waals surface area contributed by atoms with Crippen LogP contribution in [0, 0.1) is 0 Å². The molecule has 3 aromatic rings. The molecule has 2 aromatic carbocycles. The van der Waals surface area contributed by atoms with Gasteiger partial charge in [-0.2, -0.15) is 8.78 Å². The lowest BCUT2D eigenvalue weighted by molar-refractivity contribution is 0.0243. The van der Waals surface area contributed by atoms with E-state index in [1.807, 2.05) is 6.07 Å². The smallest absolute Gasteiger partial charge is 0.341 e. The van der Waals surface area contributed by atoms with Crippen molar-refractivity contribution >= 4 is 28.8 Å². The number of halogens is 3. The molecule has 0 aliphatic carbocycles. The van der Waals surface area contributed by atoms with Gasteiger partial charge in [-0.05, 0) is 29.8 Å². The Bertz CT molecular complexity index is 796. The summed E-state index contributed by atoms with van der Waals surface area (Å²) in [4.78, 5) is 3.81. The molecule has 0 radical (unpaired) electrons. The molecule has 0 aliphatic rings. The molecule has 1 heterocycles. The van der Waals surface area contributed by atoms with E-state index in [1.165, 1.54) is 18.2 Å². The molecule has 0 atom stereocenters. The van der Waals surface area contributed by atoms with E-state index in [9.17, 15) is 8.78 Å². The van der Waals surface area contributed by atoms with Crippen molar-refractivity contribution in [2.24, 2.45) is 0 Å². The predicted molar refractivity (Wildman–Crippen MR) is 78.4 cm³/mol. The van der Waals surface area contributed by atoms with Crippen LogP contribution in [-0.4, -0.2) is 4.98 Å². The van der Waals surface area contributed by atoms with Crippen LogP contribution < -0.4 is 0 Å². The van der Waals surface area contributed by atoms with Gasteiger partial charge >= 0.3 is 5.92 Å². The van der Waals surface area contributed by atoms with Gasteiger partial charge in [0.25, 0.3) is 5.89 Å². The van der Waals surface area contributed by atoms with Crippen LogP contribution in [0.15, 0.2) is 59.0 Å². The zero-order valence-electron chi connectivity index (χ0n) is 10.8. The van der Waals surface area contributed by atoms with Gasteiger partial charge in [0.1, 0.15) is 5.52 Å². The van der Waals surface area contributed by atoms with Crippen molar-refractivity contribution in [3.63, 3.8) is 0 Å². The number of nitrogens with zero attached hydrogens (tertiary/aromatic N) is 1. The van der Waals surface area contributed by atoms with Gasteiger partial charge in [-0.25, -0.2) is 4.98 Å². The largest absolute Gasteiger partial charge is 0.435 e. The van der Waals surface area contributed by atoms with Crippen molar-refractivity contribution in [3.8, 4) is 0 Å². The molecule has 106 valence electrons. The molecule has 0 unspecified atom stereocenters. The highest BCUT2D eigenvalue weighted by molar-refractivity contribution is 6.31. The van der Waals surface area contributed by atoms with Gasteiger partial charge in [-0.1, -0.05) is 48.0 Å². The first-order chi connectivity index (χ1) is 10.0. The highest BCUT2D eigenvalue weighted by Gasteiger charge is 2.34. The summed E-state index contributed by atoms with van der Waals surface area (Å²) in [5, 5.41) is 0.422. The van der Waals surface area contributed by atoms with Gasteiger partial charge < -0.3 is 4.42 Å². The Hall–Kier alpha value is -2.20. The maximum atomic E-state index is 14.1. The summed E-state index contributed by atoms with van der Waals surface area (Å²) in [6.45, 7) is 0. The number of oxazole rings is 1. The van der Waals surface area contributed by atoms with E-state index < -0.39 is 11.8 Å². The SMILES string of the molecule is FC(F)(/C=C/c1ccccc1)c1nc2cc(Cl)ccc2o1. The second-order valence-corrected chi connectivity index (χ2v) is 4.93. The third kappa shape index (κ3) is 2.95. The number of alkyl halides is 2. The van der Waals surface area contributed by atoms with E-state index in [1.54, 1.807) is 30.3 Å². The minimum Gasteiger partial charge on any atom is -0.435 e. The third-order valence-electron chi connectivity index (χ3n) is 2.92. The van der Waals surface area contributed by atoms with Gasteiger partial charge in [-0.15, -0.1) is 0 Å². The minimum atomic E-state index is -3.29. The second-order valence-electron chi connectivity index (χ2n) is 4.50. The zero-order chi connectivity index (χ0) is 14.9. The molecule has 1 aromatic heterocycles. The predicted octanol–water partition coefficient (Wildman–Crippen LogP) is 5.29. The Labute approximate surface area is 124 Å². The molecule has 2 nitrogen and oxygen atoms in total. The summed E-state index contributed by atoms with van der Waals surface area (Å²) in [5.41, 5.74) is 1.27. The lowest BCUT2D eigenvalue weighted by atomic mass is 10.2. The highest BCUT2D eigenvalue weighted by atomic mass is 35.5. The van der Waals surface area contributed by atoms with Gasteiger partial charge in [0.2, 0.25) is 0 Å². The minimum absolute atomic E-state index is 0.280. The summed E-state index contributed by atoms with van der Waals surface area (Å²) in [6, 6.07) is 13.4. The first kappa shape index (κ1) is 13.8. The van der Waals surface area contributed by atoms with E-state index in [2.05, 4.69) is 4.98 Å². The van der Waals surface area contributed by atoms with E-state index in [0.717, 1.165) is 6.08 Å². The molecule has 0 saturated carbocycles. The average Bonchev–Trinajstić information content (AvgIpc) is 2.90. The van der Waals surface area contributed by atoms with Crippen molar-refractivity contribution in [1.29, 1.82) is 0 Å². The van der Waals surface area contributed by atoms with E-state index in [4.69, 9.17) is 16.0 Å². The lowest BCUT2D eigenvalue weighted by Crippen LogP contribution is -2.09. The fourth-order valence-electron chi connectivity index (χ4n) is 1.88. The average molecular weight is 306 g/mol. The van der Waals surface area contributed by atoms with Crippen molar-refractivity contribution in [2.45, 2.75) is 5.92 Å². The molecule has 0 bridgehead atoms. The number of hydrogen-bond donors (Lipinski definition) is 0. The van der Waals surface area contributed by atoms with E-state index in [-0.39, 0.29) is 5.58 Å². The molecule has 3 rings (SSSR count). The highest BCUT2D eigenvalue weighted by Crippen LogP contribution is 2.32. The van der Waals surface area contributed by atoms with Crippen LogP contribution in [-0.2, 0) is 5.92 Å². The monoisotopic (exact) mass is 305 g/mol. The number of aromatic nitrogens is 1. The number of benzene rings is 2. The van der Waals surface area contributed by atoms with Gasteiger partial charge in [0.05, 0.1) is 0 Å². The maximum Gasteiger partial charge on any atom is 0.341 e. The molecular weight excluding hydrogens is 296 g/mol. The lowest BCUT2D eigenvalue weighted by Gasteiger charge is -2.06. The van der Waals surface area contributed by atoms with Crippen LogP contribution in [0.4, 0.5) is 8.78 Å². The van der Waals surface area contributed by atoms with E-state index in [0.29, 0.717) is 16.1 Å². The molecule has 0 aliphatic heterocycles. The van der Waals surface area contributed by atoms with E-state index >= 15 is 0 Å². The fourth-order valence-corrected chi connectivity index (χ4v) is 2.05. The zero-order valence-corrected chi connectivity index (χ0v) is 11.5.